The molecule has 0 aliphatic carbocycles. The van der Waals surface area contributed by atoms with Crippen LogP contribution in [0.3, 0.4) is 0 Å². The van der Waals surface area contributed by atoms with Gasteiger partial charge in [0.05, 0.1) is 0 Å². The highest BCUT2D eigenvalue weighted by Crippen LogP contribution is 2.65. The molecule has 22 heteroatoms. The van der Waals surface area contributed by atoms with Gasteiger partial charge in [-0.1, -0.05) is 89.6 Å². The van der Waals surface area contributed by atoms with E-state index >= 15 is 0 Å². The molecule has 0 amide bonds. The molecule has 456 valence electrons. The topological polar surface area (TPSA) is 38.9 Å². The van der Waals surface area contributed by atoms with Crippen molar-refractivity contribution in [3.63, 3.8) is 0 Å². The molecule has 24 aliphatic rings. The number of hydrogen-bond acceptors (Lipinski definition) is 12. The van der Waals surface area contributed by atoms with Crippen molar-refractivity contribution in [2.45, 2.75) is 20.5 Å². The van der Waals surface area contributed by atoms with E-state index in [1.807, 2.05) is 0 Å². The zero-order chi connectivity index (χ0) is 65.2. The summed E-state index contributed by atoms with van der Waals surface area (Å²) in [7, 11) is 14.6. The van der Waals surface area contributed by atoms with Crippen LogP contribution in [0.1, 0.15) is 0 Å². The largest absolute Gasteiger partial charge is 0.345 e. The Kier molecular flexibility index (Phi) is 5.79. The summed E-state index contributed by atoms with van der Waals surface area (Å²) >= 11 is 0. The molecule has 0 fully saturated rings. The van der Waals surface area contributed by atoms with E-state index in [1.165, 1.54) is 269 Å². The first kappa shape index (κ1) is 47.1. The summed E-state index contributed by atoms with van der Waals surface area (Å²) in [5.74, 6) is 0. The van der Waals surface area contributed by atoms with Crippen LogP contribution in [0.4, 0.5) is 171 Å². The maximum Gasteiger partial charge on any atom is 0.257 e. The van der Waals surface area contributed by atoms with E-state index in [4.69, 9.17) is 0 Å². The fourth-order valence-electron chi connectivity index (χ4n) is 30.1. The van der Waals surface area contributed by atoms with Crippen LogP contribution in [0.2, 0.25) is 20.5 Å². The minimum absolute atomic E-state index is 0.0106. The summed E-state index contributed by atoms with van der Waals surface area (Å²) in [6, 6.07) is 38.9. The van der Waals surface area contributed by atoms with Crippen LogP contribution in [-0.2, 0) is 0 Å². The van der Waals surface area contributed by atoms with Crippen molar-refractivity contribution in [3.8, 4) is 0 Å². The van der Waals surface area contributed by atoms with Gasteiger partial charge in [-0.05, 0) is 169 Å². The van der Waals surface area contributed by atoms with Gasteiger partial charge in [0, 0.05) is 213 Å². The Hall–Kier alpha value is -11.1. The van der Waals surface area contributed by atoms with Gasteiger partial charge in [-0.3, -0.25) is 0 Å². The molecule has 36 rings (SSSR count). The quantitative estimate of drug-likeness (QED) is 0.145. The predicted octanol–water partition coefficient (Wildman–Crippen LogP) is -3.04. The van der Waals surface area contributed by atoms with E-state index in [0.717, 1.165) is 0 Å². The lowest BCUT2D eigenvalue weighted by molar-refractivity contribution is 1.14. The fourth-order valence-corrected chi connectivity index (χ4v) is 30.1. The third-order valence-electron chi connectivity index (χ3n) is 33.2. The Bertz CT molecular complexity index is 6230. The van der Waals surface area contributed by atoms with Gasteiger partial charge in [-0.2, -0.15) is 0 Å². The first-order chi connectivity index (χ1) is 50.5. The lowest BCUT2D eigenvalue weighted by atomic mass is 9.17. The molecule has 0 N–H and O–H groups in total. The molecule has 12 aromatic rings. The maximum atomic E-state index is 3.11. The number of anilines is 30. The summed E-state index contributed by atoms with van der Waals surface area (Å²) in [6.45, 7) is 8.25. The van der Waals surface area contributed by atoms with E-state index in [0.29, 0.717) is 0 Å². The number of nitrogens with zero attached hydrogens (tertiary/aromatic N) is 12. The molecule has 0 saturated heterocycles. The normalized spacial score (nSPS) is 19.1. The van der Waals surface area contributed by atoms with Crippen molar-refractivity contribution >= 4 is 385 Å². The molecule has 0 aromatic heterocycles. The molecular formula is C81H42B10N12. The van der Waals surface area contributed by atoms with E-state index in [2.05, 4.69) is 213 Å². The zero-order valence-electron chi connectivity index (χ0n) is 57.3. The molecular weight excluding hydrogens is 1250 g/mol. The number of rotatable bonds is 0. The monoisotopic (exact) mass is 1290 g/mol. The highest BCUT2D eigenvalue weighted by molar-refractivity contribution is 7.19. The Morgan fingerprint density at radius 3 is 0.476 bits per heavy atom. The second kappa shape index (κ2) is 12.7. The van der Waals surface area contributed by atoms with Crippen molar-refractivity contribution in [2.24, 2.45) is 0 Å². The third-order valence-corrected chi connectivity index (χ3v) is 33.2. The molecule has 24 heterocycles. The molecule has 0 spiro atoms. The minimum atomic E-state index is -0.0643. The Morgan fingerprint density at radius 2 is 0.301 bits per heavy atom. The second-order valence-corrected chi connectivity index (χ2v) is 35.3. The zero-order valence-corrected chi connectivity index (χ0v) is 57.3. The lowest BCUT2D eigenvalue weighted by Gasteiger charge is -2.66. The molecule has 0 radical (unpaired) electrons. The summed E-state index contributed by atoms with van der Waals surface area (Å²) < 4.78 is 0. The van der Waals surface area contributed by atoms with Crippen LogP contribution in [0.5, 0.6) is 0 Å². The fraction of sp³-hybridized carbons (Fsp3) is 0.111. The first-order valence-corrected chi connectivity index (χ1v) is 38.1. The van der Waals surface area contributed by atoms with E-state index in [-0.39, 0.29) is 67.1 Å². The van der Waals surface area contributed by atoms with Gasteiger partial charge in [0.1, 0.15) is 0 Å². The molecule has 0 bridgehead atoms. The van der Waals surface area contributed by atoms with Crippen LogP contribution in [0, 0.1) is 0 Å². The van der Waals surface area contributed by atoms with Crippen LogP contribution < -0.4 is 206 Å². The summed E-state index contributed by atoms with van der Waals surface area (Å²) in [6.07, 6.45) is 0. The van der Waals surface area contributed by atoms with Gasteiger partial charge in [-0.15, -0.1) is 0 Å². The number of hydrogen-bond donors (Lipinski definition) is 0. The van der Waals surface area contributed by atoms with E-state index < -0.39 is 0 Å². The van der Waals surface area contributed by atoms with Gasteiger partial charge in [-0.25, -0.2) is 0 Å². The predicted molar refractivity (Wildman–Crippen MR) is 442 cm³/mol. The van der Waals surface area contributed by atoms with Crippen LogP contribution in [0.25, 0.3) is 0 Å². The van der Waals surface area contributed by atoms with Crippen LogP contribution in [0.15, 0.2) is 91.0 Å². The van der Waals surface area contributed by atoms with Gasteiger partial charge in [0.25, 0.3) is 47.0 Å². The van der Waals surface area contributed by atoms with Crippen molar-refractivity contribution < 1.29 is 0 Å². The van der Waals surface area contributed by atoms with Gasteiger partial charge in [0.15, 0.2) is 0 Å². The molecule has 0 atom stereocenters. The van der Waals surface area contributed by atoms with Crippen molar-refractivity contribution in [2.75, 3.05) is 101 Å². The van der Waals surface area contributed by atoms with Gasteiger partial charge < -0.3 is 58.8 Å². The number of benzene rings is 12. The molecule has 12 aromatic carbocycles. The van der Waals surface area contributed by atoms with Crippen LogP contribution >= 0.6 is 0 Å². The average Bonchev–Trinajstić information content (AvgIpc) is 0.607. The molecule has 0 saturated carbocycles. The molecule has 103 heavy (non-hydrogen) atoms. The summed E-state index contributed by atoms with van der Waals surface area (Å²) in [5, 5.41) is 0. The van der Waals surface area contributed by atoms with Crippen molar-refractivity contribution in [3.05, 3.63) is 91.0 Å². The first-order valence-electron chi connectivity index (χ1n) is 38.1. The molecule has 12 nitrogen and oxygen atoms in total. The Labute approximate surface area is 594 Å². The van der Waals surface area contributed by atoms with Crippen LogP contribution in [-0.4, -0.2) is 109 Å². The average molecular weight is 1290 g/mol. The van der Waals surface area contributed by atoms with E-state index in [9.17, 15) is 0 Å². The lowest BCUT2D eigenvalue weighted by Crippen LogP contribution is -2.85. The molecule has 24 aliphatic heterocycles. The Morgan fingerprint density at radius 1 is 0.165 bits per heavy atom. The standard InChI is InChI=1S/C81H42B10N12/c1-82-25-10-16-31-43-64(25)98-65-26(82)11-17-32-44(65)86-50-38(93(32)5)23-40-52-71(50)102-77-56(86)73(98)55-76-61(77)91-62-78-57-74-59-80(62)103-72-53-41(24-42-54(72)90-48-36(97(42)9)21-15-30-69(48)100-67-28(84(30)3)13-19-34(95(40)7)46(67)88(52)58-75(100)60(90)81(103)63(91)79(58)102)96(8)35-20-14-29-68(47(35)89(53)59)99(74)66-27(83(29)2)12-18-33-45(66)87(57)51-39(94(33)6)22-37(92(31)4)49(85(43)55)70(51)101(76)78/h10-24H,1-9H3. The SMILES string of the molecule is CB1c2ccc3c4c2N2c5c1ccc1c5B5c6c(cc7c8c6N6c9c5c2c2c5c9B9c%10c%11c%12c%13c%14c%10N%10c%15c%16c(cc%17c%15B%15c%18c(ccc%19c%18N%18c%20c(ccc(c%20B8c8c%18c%15c%10c9c86)N7C)B%19C)N%17C)N(C)c6ccc7c(c6B%16%14)N%13c6c(ccc8c6B%12c6c(cc(c(c6N5%11)B42)N3C)N8C)B7C)N1C. The minimum Gasteiger partial charge on any atom is -0.345 e. The van der Waals surface area contributed by atoms with Gasteiger partial charge in [0.2, 0.25) is 20.1 Å². The maximum absolute atomic E-state index is 3.11. The van der Waals surface area contributed by atoms with Crippen molar-refractivity contribution in [1.82, 2.24) is 0 Å². The smallest absolute Gasteiger partial charge is 0.257 e. The third kappa shape index (κ3) is 3.53. The summed E-state index contributed by atoms with van der Waals surface area (Å²) in [5.41, 5.74) is 84.3. The highest BCUT2D eigenvalue weighted by Gasteiger charge is 2.73. The van der Waals surface area contributed by atoms with E-state index in [1.54, 1.807) is 49.2 Å². The summed E-state index contributed by atoms with van der Waals surface area (Å²) in [4.78, 5) is 34.3. The highest BCUT2D eigenvalue weighted by atomic mass is 15.3. The molecule has 0 unspecified atom stereocenters. The second-order valence-electron chi connectivity index (χ2n) is 35.3. The van der Waals surface area contributed by atoms with Gasteiger partial charge >= 0.3 is 0 Å². The van der Waals surface area contributed by atoms with Crippen molar-refractivity contribution in [1.29, 1.82) is 0 Å². The Balaban J connectivity index is 0.835.